The second kappa shape index (κ2) is 5.46. The Morgan fingerprint density at radius 1 is 1.39 bits per heavy atom. The summed E-state index contributed by atoms with van der Waals surface area (Å²) < 4.78 is 0.997. The van der Waals surface area contributed by atoms with Crippen molar-refractivity contribution in [2.24, 2.45) is 5.73 Å². The topological polar surface area (TPSA) is 50.9 Å². The van der Waals surface area contributed by atoms with Gasteiger partial charge in [0.2, 0.25) is 0 Å². The van der Waals surface area contributed by atoms with Gasteiger partial charge >= 0.3 is 0 Å². The van der Waals surface area contributed by atoms with Crippen LogP contribution in [0.4, 0.5) is 11.5 Å². The molecule has 92 valence electrons. The lowest BCUT2D eigenvalue weighted by atomic mass is 10.1. The zero-order valence-corrected chi connectivity index (χ0v) is 12.2. The number of hydrogen-bond donors (Lipinski definition) is 2. The van der Waals surface area contributed by atoms with Crippen LogP contribution in [0.5, 0.6) is 0 Å². The largest absolute Gasteiger partial charge is 0.389 e. The predicted molar refractivity (Wildman–Crippen MR) is 82.3 cm³/mol. The number of anilines is 2. The molecule has 0 atom stereocenters. The Labute approximate surface area is 120 Å². The van der Waals surface area contributed by atoms with Crippen molar-refractivity contribution >= 4 is 44.6 Å². The van der Waals surface area contributed by atoms with E-state index in [4.69, 9.17) is 18.0 Å². The number of aryl methyl sites for hydroxylation is 1. The van der Waals surface area contributed by atoms with Crippen molar-refractivity contribution in [3.05, 3.63) is 52.1 Å². The van der Waals surface area contributed by atoms with Gasteiger partial charge in [-0.3, -0.25) is 0 Å². The molecule has 0 radical (unpaired) electrons. The maximum absolute atomic E-state index is 5.74. The van der Waals surface area contributed by atoms with Crippen molar-refractivity contribution in [3.8, 4) is 0 Å². The minimum absolute atomic E-state index is 0.345. The third-order valence-corrected chi connectivity index (χ3v) is 3.19. The van der Waals surface area contributed by atoms with Crippen LogP contribution in [0.25, 0.3) is 0 Å². The van der Waals surface area contributed by atoms with Gasteiger partial charge in [0.1, 0.15) is 10.8 Å². The molecular formula is C13H12BrN3S. The molecule has 2 aromatic rings. The number of hydrogen-bond acceptors (Lipinski definition) is 3. The Balaban J connectivity index is 2.40. The third kappa shape index (κ3) is 2.86. The van der Waals surface area contributed by atoms with Gasteiger partial charge in [0.25, 0.3) is 0 Å². The van der Waals surface area contributed by atoms with Gasteiger partial charge in [-0.15, -0.1) is 0 Å². The fourth-order valence-electron chi connectivity index (χ4n) is 1.67. The quantitative estimate of drug-likeness (QED) is 0.849. The SMILES string of the molecule is Cc1ccnc(Nc2cccc(Br)c2)c1C(N)=S. The van der Waals surface area contributed by atoms with Gasteiger partial charge in [0.15, 0.2) is 0 Å². The molecule has 5 heteroatoms. The Morgan fingerprint density at radius 2 is 2.17 bits per heavy atom. The highest BCUT2D eigenvalue weighted by atomic mass is 79.9. The zero-order valence-electron chi connectivity index (χ0n) is 9.77. The van der Waals surface area contributed by atoms with Crippen molar-refractivity contribution in [1.29, 1.82) is 0 Å². The molecular weight excluding hydrogens is 310 g/mol. The van der Waals surface area contributed by atoms with Gasteiger partial charge in [-0.05, 0) is 36.8 Å². The zero-order chi connectivity index (χ0) is 13.1. The summed E-state index contributed by atoms with van der Waals surface area (Å²) in [7, 11) is 0. The lowest BCUT2D eigenvalue weighted by Crippen LogP contribution is -2.14. The van der Waals surface area contributed by atoms with Crippen LogP contribution in [0.15, 0.2) is 41.0 Å². The highest BCUT2D eigenvalue weighted by Crippen LogP contribution is 2.23. The van der Waals surface area contributed by atoms with E-state index in [2.05, 4.69) is 26.2 Å². The van der Waals surface area contributed by atoms with Crippen LogP contribution in [-0.2, 0) is 0 Å². The summed E-state index contributed by atoms with van der Waals surface area (Å²) in [5.74, 6) is 0.681. The molecule has 0 aliphatic carbocycles. The van der Waals surface area contributed by atoms with E-state index < -0.39 is 0 Å². The van der Waals surface area contributed by atoms with E-state index in [0.29, 0.717) is 10.8 Å². The van der Waals surface area contributed by atoms with E-state index >= 15 is 0 Å². The minimum atomic E-state index is 0.345. The van der Waals surface area contributed by atoms with Crippen molar-refractivity contribution < 1.29 is 0 Å². The average Bonchev–Trinajstić information content (AvgIpc) is 2.28. The van der Waals surface area contributed by atoms with Crippen LogP contribution >= 0.6 is 28.1 Å². The molecule has 0 bridgehead atoms. The molecule has 0 fully saturated rings. The maximum atomic E-state index is 5.74. The standard InChI is InChI=1S/C13H12BrN3S/c1-8-5-6-16-13(11(8)12(15)18)17-10-4-2-3-9(14)7-10/h2-7H,1H3,(H2,15,18)(H,16,17). The van der Waals surface area contributed by atoms with Crippen molar-refractivity contribution in [2.45, 2.75) is 6.92 Å². The molecule has 0 saturated carbocycles. The number of thiocarbonyl (C=S) groups is 1. The summed E-state index contributed by atoms with van der Waals surface area (Å²) in [6, 6.07) is 9.72. The first-order valence-electron chi connectivity index (χ1n) is 5.36. The Hall–Kier alpha value is -1.46. The highest BCUT2D eigenvalue weighted by Gasteiger charge is 2.09. The summed E-state index contributed by atoms with van der Waals surface area (Å²) in [6.07, 6.45) is 1.73. The summed E-state index contributed by atoms with van der Waals surface area (Å²) >= 11 is 8.49. The molecule has 1 aromatic carbocycles. The van der Waals surface area contributed by atoms with Gasteiger partial charge in [-0.25, -0.2) is 4.98 Å². The van der Waals surface area contributed by atoms with Crippen LogP contribution in [0.1, 0.15) is 11.1 Å². The van der Waals surface area contributed by atoms with Gasteiger partial charge in [0, 0.05) is 16.4 Å². The van der Waals surface area contributed by atoms with Crippen molar-refractivity contribution in [2.75, 3.05) is 5.32 Å². The van der Waals surface area contributed by atoms with Crippen LogP contribution < -0.4 is 11.1 Å². The third-order valence-electron chi connectivity index (χ3n) is 2.49. The fourth-order valence-corrected chi connectivity index (χ4v) is 2.32. The van der Waals surface area contributed by atoms with Gasteiger partial charge in [0.05, 0.1) is 5.56 Å². The van der Waals surface area contributed by atoms with Gasteiger partial charge in [-0.2, -0.15) is 0 Å². The summed E-state index contributed by atoms with van der Waals surface area (Å²) in [4.78, 5) is 4.64. The fraction of sp³-hybridized carbons (Fsp3) is 0.0769. The molecule has 1 aromatic heterocycles. The molecule has 0 unspecified atom stereocenters. The maximum Gasteiger partial charge on any atom is 0.140 e. The molecule has 0 aliphatic heterocycles. The first kappa shape index (κ1) is 13.0. The summed E-state index contributed by atoms with van der Waals surface area (Å²) in [5, 5.41) is 3.23. The number of aromatic nitrogens is 1. The molecule has 0 amide bonds. The molecule has 3 nitrogen and oxygen atoms in total. The molecule has 3 N–H and O–H groups in total. The van der Waals surface area contributed by atoms with Gasteiger partial charge in [-0.1, -0.05) is 34.2 Å². The Kier molecular flexibility index (Phi) is 3.93. The lowest BCUT2D eigenvalue weighted by molar-refractivity contribution is 1.26. The van der Waals surface area contributed by atoms with E-state index in [1.807, 2.05) is 37.3 Å². The molecule has 18 heavy (non-hydrogen) atoms. The Morgan fingerprint density at radius 3 is 2.83 bits per heavy atom. The van der Waals surface area contributed by atoms with Crippen LogP contribution in [0.2, 0.25) is 0 Å². The molecule has 0 aliphatic rings. The van der Waals surface area contributed by atoms with Gasteiger partial charge < -0.3 is 11.1 Å². The van der Waals surface area contributed by atoms with E-state index in [1.165, 1.54) is 0 Å². The number of rotatable bonds is 3. The highest BCUT2D eigenvalue weighted by molar-refractivity contribution is 9.10. The number of pyridine rings is 1. The summed E-state index contributed by atoms with van der Waals surface area (Å²) in [5.41, 5.74) is 8.47. The second-order valence-electron chi connectivity index (χ2n) is 3.85. The lowest BCUT2D eigenvalue weighted by Gasteiger charge is -2.12. The number of halogens is 1. The number of nitrogens with one attached hydrogen (secondary N) is 1. The van der Waals surface area contributed by atoms with Crippen molar-refractivity contribution in [3.63, 3.8) is 0 Å². The normalized spacial score (nSPS) is 10.1. The predicted octanol–water partition coefficient (Wildman–Crippen LogP) is 3.53. The monoisotopic (exact) mass is 321 g/mol. The number of benzene rings is 1. The first-order valence-corrected chi connectivity index (χ1v) is 6.56. The summed E-state index contributed by atoms with van der Waals surface area (Å²) in [6.45, 7) is 1.96. The van der Waals surface area contributed by atoms with E-state index in [9.17, 15) is 0 Å². The molecule has 1 heterocycles. The molecule has 2 rings (SSSR count). The molecule has 0 saturated heterocycles. The molecule has 0 spiro atoms. The van der Waals surface area contributed by atoms with Crippen LogP contribution in [-0.4, -0.2) is 9.97 Å². The van der Waals surface area contributed by atoms with Crippen LogP contribution in [0, 0.1) is 6.92 Å². The minimum Gasteiger partial charge on any atom is -0.389 e. The van der Waals surface area contributed by atoms with E-state index in [1.54, 1.807) is 6.20 Å². The Bertz CT molecular complexity index is 599. The van der Waals surface area contributed by atoms with E-state index in [0.717, 1.165) is 21.3 Å². The number of nitrogens with two attached hydrogens (primary N) is 1. The number of nitrogens with zero attached hydrogens (tertiary/aromatic N) is 1. The van der Waals surface area contributed by atoms with E-state index in [-0.39, 0.29) is 0 Å². The first-order chi connectivity index (χ1) is 8.58. The smallest absolute Gasteiger partial charge is 0.140 e. The average molecular weight is 322 g/mol. The van der Waals surface area contributed by atoms with Crippen LogP contribution in [0.3, 0.4) is 0 Å². The second-order valence-corrected chi connectivity index (χ2v) is 5.21. The van der Waals surface area contributed by atoms with Crippen molar-refractivity contribution in [1.82, 2.24) is 4.98 Å².